The Labute approximate surface area is 168 Å². The molecule has 2 aromatic carbocycles. The molecule has 0 N–H and O–H groups in total. The minimum Gasteiger partial charge on any atom is -0.465 e. The number of hydrogen-bond acceptors (Lipinski definition) is 3. The number of benzene rings is 2. The van der Waals surface area contributed by atoms with E-state index in [0.717, 1.165) is 22.6 Å². The normalized spacial score (nSPS) is 11.1. The zero-order valence-corrected chi connectivity index (χ0v) is 16.7. The van der Waals surface area contributed by atoms with Crippen LogP contribution < -0.4 is 0 Å². The van der Waals surface area contributed by atoms with Gasteiger partial charge in [0.05, 0.1) is 23.4 Å². The molecular formula is C21H18Cl2N2O2. The Hall–Kier alpha value is -2.56. The summed E-state index contributed by atoms with van der Waals surface area (Å²) < 4.78 is 6.87. The second kappa shape index (κ2) is 7.99. The van der Waals surface area contributed by atoms with Gasteiger partial charge in [-0.05, 0) is 62.4 Å². The largest absolute Gasteiger partial charge is 0.465 e. The minimum absolute atomic E-state index is 0.403. The monoisotopic (exact) mass is 400 g/mol. The highest BCUT2D eigenvalue weighted by molar-refractivity contribution is 6.33. The molecule has 0 atom stereocenters. The first kappa shape index (κ1) is 19.2. The zero-order chi connectivity index (χ0) is 19.6. The lowest BCUT2D eigenvalue weighted by molar-refractivity contribution is 0.0601. The van der Waals surface area contributed by atoms with E-state index in [1.807, 2.05) is 44.2 Å². The number of ether oxygens (including phenoxy) is 1. The molecule has 27 heavy (non-hydrogen) atoms. The molecule has 0 saturated carbocycles. The Morgan fingerprint density at radius 1 is 1.07 bits per heavy atom. The summed E-state index contributed by atoms with van der Waals surface area (Å²) >= 11 is 12.2. The predicted octanol–water partition coefficient (Wildman–Crippen LogP) is 5.94. The molecule has 4 nitrogen and oxygen atoms in total. The van der Waals surface area contributed by atoms with Crippen LogP contribution in [0.3, 0.4) is 0 Å². The molecule has 0 unspecified atom stereocenters. The number of carbonyl (C=O) groups excluding carboxylic acids is 1. The molecule has 0 aliphatic heterocycles. The third-order valence-corrected chi connectivity index (χ3v) is 4.84. The van der Waals surface area contributed by atoms with Crippen molar-refractivity contribution >= 4 is 41.1 Å². The number of rotatable bonds is 4. The lowest BCUT2D eigenvalue weighted by Gasteiger charge is -2.09. The number of nitrogens with zero attached hydrogens (tertiary/aromatic N) is 2. The number of hydrogen-bond donors (Lipinski definition) is 0. The summed E-state index contributed by atoms with van der Waals surface area (Å²) in [4.78, 5) is 16.2. The van der Waals surface area contributed by atoms with Crippen LogP contribution in [-0.4, -0.2) is 23.9 Å². The van der Waals surface area contributed by atoms with E-state index < -0.39 is 5.97 Å². The van der Waals surface area contributed by atoms with Crippen molar-refractivity contribution < 1.29 is 9.53 Å². The van der Waals surface area contributed by atoms with Gasteiger partial charge in [0.2, 0.25) is 0 Å². The van der Waals surface area contributed by atoms with Crippen molar-refractivity contribution in [1.82, 2.24) is 4.57 Å². The van der Waals surface area contributed by atoms with E-state index in [9.17, 15) is 4.79 Å². The fourth-order valence-electron chi connectivity index (χ4n) is 2.90. The van der Waals surface area contributed by atoms with Gasteiger partial charge in [-0.25, -0.2) is 4.79 Å². The van der Waals surface area contributed by atoms with Gasteiger partial charge in [-0.15, -0.1) is 0 Å². The third kappa shape index (κ3) is 4.07. The van der Waals surface area contributed by atoms with E-state index in [4.69, 9.17) is 27.9 Å². The van der Waals surface area contributed by atoms with Crippen LogP contribution in [0.2, 0.25) is 10.0 Å². The molecular weight excluding hydrogens is 383 g/mol. The number of carbonyl (C=O) groups is 1. The molecule has 0 spiro atoms. The van der Waals surface area contributed by atoms with Crippen LogP contribution in [0, 0.1) is 13.8 Å². The van der Waals surface area contributed by atoms with Gasteiger partial charge in [0.25, 0.3) is 0 Å². The van der Waals surface area contributed by atoms with Crippen LogP contribution in [-0.2, 0) is 4.74 Å². The lowest BCUT2D eigenvalue weighted by atomic mass is 10.2. The van der Waals surface area contributed by atoms with Gasteiger partial charge in [-0.3, -0.25) is 4.99 Å². The number of esters is 1. The second-order valence-electron chi connectivity index (χ2n) is 6.05. The molecule has 138 valence electrons. The second-order valence-corrected chi connectivity index (χ2v) is 6.90. The fraction of sp³-hybridized carbons (Fsp3) is 0.143. The highest BCUT2D eigenvalue weighted by Gasteiger charge is 2.11. The van der Waals surface area contributed by atoms with E-state index in [2.05, 4.69) is 9.56 Å². The highest BCUT2D eigenvalue weighted by Crippen LogP contribution is 2.27. The summed E-state index contributed by atoms with van der Waals surface area (Å²) in [5.74, 6) is -0.427. The van der Waals surface area contributed by atoms with Crippen molar-refractivity contribution in [3.05, 3.63) is 81.1 Å². The van der Waals surface area contributed by atoms with Gasteiger partial charge < -0.3 is 9.30 Å². The van der Waals surface area contributed by atoms with Crippen LogP contribution in [0.25, 0.3) is 5.69 Å². The molecule has 0 bridgehead atoms. The van der Waals surface area contributed by atoms with E-state index in [-0.39, 0.29) is 0 Å². The van der Waals surface area contributed by atoms with Gasteiger partial charge in [-0.2, -0.15) is 0 Å². The molecule has 0 aliphatic carbocycles. The first-order chi connectivity index (χ1) is 12.9. The first-order valence-corrected chi connectivity index (χ1v) is 9.03. The number of halogens is 2. The van der Waals surface area contributed by atoms with Gasteiger partial charge in [-0.1, -0.05) is 23.2 Å². The van der Waals surface area contributed by atoms with E-state index >= 15 is 0 Å². The molecule has 0 fully saturated rings. The van der Waals surface area contributed by atoms with Crippen molar-refractivity contribution in [3.8, 4) is 5.69 Å². The molecule has 1 aromatic heterocycles. The topological polar surface area (TPSA) is 43.6 Å². The lowest BCUT2D eigenvalue weighted by Crippen LogP contribution is -2.00. The van der Waals surface area contributed by atoms with E-state index in [0.29, 0.717) is 21.3 Å². The molecule has 0 radical (unpaired) electrons. The SMILES string of the molecule is COC(=O)c1ccc(Cl)c(N=Cc2cc(C)n(-c3ccc(Cl)cc3)c2C)c1. The van der Waals surface area contributed by atoms with Crippen molar-refractivity contribution in [2.75, 3.05) is 7.11 Å². The standard InChI is InChI=1S/C21H18Cl2N2O2/c1-13-10-16(14(2)25(13)18-7-5-17(22)6-8-18)12-24-20-11-15(21(26)27-3)4-9-19(20)23/h4-12H,1-3H3. The van der Waals surface area contributed by atoms with Crippen LogP contribution in [0.5, 0.6) is 0 Å². The first-order valence-electron chi connectivity index (χ1n) is 8.27. The maximum absolute atomic E-state index is 11.7. The van der Waals surface area contributed by atoms with Gasteiger partial charge in [0.1, 0.15) is 0 Å². The highest BCUT2D eigenvalue weighted by atomic mass is 35.5. The average Bonchev–Trinajstić information content (AvgIpc) is 2.95. The molecule has 0 amide bonds. The van der Waals surface area contributed by atoms with Crippen LogP contribution in [0.4, 0.5) is 5.69 Å². The number of methoxy groups -OCH3 is 1. The van der Waals surface area contributed by atoms with Gasteiger partial charge >= 0.3 is 5.97 Å². The van der Waals surface area contributed by atoms with Gasteiger partial charge in [0, 0.05) is 33.9 Å². The molecule has 0 saturated heterocycles. The average molecular weight is 401 g/mol. The molecule has 3 aromatic rings. The number of aromatic nitrogens is 1. The summed E-state index contributed by atoms with van der Waals surface area (Å²) in [7, 11) is 1.34. The number of aliphatic imine (C=N–C) groups is 1. The van der Waals surface area contributed by atoms with E-state index in [1.165, 1.54) is 7.11 Å². The van der Waals surface area contributed by atoms with Crippen molar-refractivity contribution in [2.45, 2.75) is 13.8 Å². The zero-order valence-electron chi connectivity index (χ0n) is 15.2. The Balaban J connectivity index is 1.96. The van der Waals surface area contributed by atoms with Crippen LogP contribution in [0.1, 0.15) is 27.3 Å². The smallest absolute Gasteiger partial charge is 0.337 e. The summed E-state index contributed by atoms with van der Waals surface area (Å²) in [5.41, 5.74) is 5.02. The maximum atomic E-state index is 11.7. The molecule has 1 heterocycles. The molecule has 6 heteroatoms. The Bertz CT molecular complexity index is 1020. The van der Waals surface area contributed by atoms with E-state index in [1.54, 1.807) is 24.4 Å². The summed E-state index contributed by atoms with van der Waals surface area (Å²) in [6.07, 6.45) is 1.75. The number of aryl methyl sites for hydroxylation is 1. The van der Waals surface area contributed by atoms with Gasteiger partial charge in [0.15, 0.2) is 0 Å². The minimum atomic E-state index is -0.427. The van der Waals surface area contributed by atoms with Crippen molar-refractivity contribution in [1.29, 1.82) is 0 Å². The summed E-state index contributed by atoms with van der Waals surface area (Å²) in [5, 5.41) is 1.16. The van der Waals surface area contributed by atoms with Crippen LogP contribution in [0.15, 0.2) is 53.5 Å². The summed E-state index contributed by atoms with van der Waals surface area (Å²) in [6.45, 7) is 4.05. The predicted molar refractivity (Wildman–Crippen MR) is 110 cm³/mol. The van der Waals surface area contributed by atoms with Crippen molar-refractivity contribution in [2.24, 2.45) is 4.99 Å². The Morgan fingerprint density at radius 3 is 2.44 bits per heavy atom. The Kier molecular flexibility index (Phi) is 5.68. The fourth-order valence-corrected chi connectivity index (χ4v) is 3.19. The maximum Gasteiger partial charge on any atom is 0.337 e. The van der Waals surface area contributed by atoms with Crippen molar-refractivity contribution in [3.63, 3.8) is 0 Å². The van der Waals surface area contributed by atoms with Crippen LogP contribution >= 0.6 is 23.2 Å². The Morgan fingerprint density at radius 2 is 1.78 bits per heavy atom. The summed E-state index contributed by atoms with van der Waals surface area (Å²) in [6, 6.07) is 14.6. The quantitative estimate of drug-likeness (QED) is 0.401. The third-order valence-electron chi connectivity index (χ3n) is 4.27. The molecule has 0 aliphatic rings. The molecule has 3 rings (SSSR count).